The van der Waals surface area contributed by atoms with Gasteiger partial charge in [0, 0.05) is 34.8 Å². The molecule has 76 valence electrons. The van der Waals surface area contributed by atoms with Gasteiger partial charge in [0.25, 0.3) is 0 Å². The Hall–Kier alpha value is -0.400. The standard InChI is InChI=1S/C9H18N2OS/c1-9(11)5-8-13(12)7-4-2-3-6-10/h9H,2-5,7-8,11H2,1H3. The van der Waals surface area contributed by atoms with E-state index in [1.165, 1.54) is 0 Å². The number of nitriles is 1. The molecule has 4 heteroatoms. The van der Waals surface area contributed by atoms with Crippen molar-refractivity contribution in [1.82, 2.24) is 0 Å². The van der Waals surface area contributed by atoms with Crippen LogP contribution in [-0.4, -0.2) is 21.8 Å². The number of hydrogen-bond acceptors (Lipinski definition) is 3. The maximum absolute atomic E-state index is 11.3. The van der Waals surface area contributed by atoms with Crippen molar-refractivity contribution < 1.29 is 4.21 Å². The van der Waals surface area contributed by atoms with E-state index in [9.17, 15) is 4.21 Å². The SMILES string of the molecule is CC(N)CCS(=O)CCCCC#N. The quantitative estimate of drug-likeness (QED) is 0.630. The zero-order valence-electron chi connectivity index (χ0n) is 8.16. The van der Waals surface area contributed by atoms with Gasteiger partial charge < -0.3 is 5.73 Å². The van der Waals surface area contributed by atoms with Gasteiger partial charge in [-0.1, -0.05) is 0 Å². The average Bonchev–Trinajstić information content (AvgIpc) is 2.09. The minimum atomic E-state index is -0.733. The Bertz CT molecular complexity index is 187. The zero-order valence-corrected chi connectivity index (χ0v) is 8.98. The molecule has 0 aromatic carbocycles. The Balaban J connectivity index is 3.26. The van der Waals surface area contributed by atoms with Crippen molar-refractivity contribution in [3.63, 3.8) is 0 Å². The monoisotopic (exact) mass is 202 g/mol. The van der Waals surface area contributed by atoms with Gasteiger partial charge in [-0.2, -0.15) is 5.26 Å². The molecule has 0 aliphatic heterocycles. The number of nitrogens with zero attached hydrogens (tertiary/aromatic N) is 1. The molecule has 0 saturated heterocycles. The van der Waals surface area contributed by atoms with E-state index in [2.05, 4.69) is 6.07 Å². The average molecular weight is 202 g/mol. The third-order valence-electron chi connectivity index (χ3n) is 1.71. The van der Waals surface area contributed by atoms with Crippen LogP contribution in [-0.2, 0) is 10.8 Å². The van der Waals surface area contributed by atoms with Crippen LogP contribution in [0, 0.1) is 11.3 Å². The summed E-state index contributed by atoms with van der Waals surface area (Å²) in [6.45, 7) is 1.92. The fraction of sp³-hybridized carbons (Fsp3) is 0.889. The second kappa shape index (κ2) is 8.21. The maximum Gasteiger partial charge on any atom is 0.0621 e. The van der Waals surface area contributed by atoms with Crippen LogP contribution in [0.1, 0.15) is 32.6 Å². The normalized spacial score (nSPS) is 14.8. The second-order valence-electron chi connectivity index (χ2n) is 3.23. The van der Waals surface area contributed by atoms with E-state index in [1.54, 1.807) is 0 Å². The zero-order chi connectivity index (χ0) is 10.1. The molecule has 2 N–H and O–H groups in total. The fourth-order valence-electron chi connectivity index (χ4n) is 0.887. The van der Waals surface area contributed by atoms with Gasteiger partial charge in [0.05, 0.1) is 6.07 Å². The molecule has 0 saturated carbocycles. The molecule has 13 heavy (non-hydrogen) atoms. The molecular weight excluding hydrogens is 184 g/mol. The largest absolute Gasteiger partial charge is 0.328 e. The molecule has 0 radical (unpaired) electrons. The van der Waals surface area contributed by atoms with Crippen molar-refractivity contribution in [3.8, 4) is 6.07 Å². The van der Waals surface area contributed by atoms with Gasteiger partial charge in [-0.05, 0) is 26.2 Å². The van der Waals surface area contributed by atoms with Gasteiger partial charge in [0.15, 0.2) is 0 Å². The maximum atomic E-state index is 11.3. The summed E-state index contributed by atoms with van der Waals surface area (Å²) in [5, 5.41) is 8.27. The van der Waals surface area contributed by atoms with Crippen LogP contribution in [0.3, 0.4) is 0 Å². The molecule has 0 amide bonds. The van der Waals surface area contributed by atoms with Gasteiger partial charge in [-0.15, -0.1) is 0 Å². The molecule has 0 aliphatic carbocycles. The highest BCUT2D eigenvalue weighted by Gasteiger charge is 2.01. The lowest BCUT2D eigenvalue weighted by atomic mass is 10.3. The smallest absolute Gasteiger partial charge is 0.0621 e. The molecule has 2 atom stereocenters. The van der Waals surface area contributed by atoms with Gasteiger partial charge in [0.2, 0.25) is 0 Å². The summed E-state index contributed by atoms with van der Waals surface area (Å²) < 4.78 is 11.3. The van der Waals surface area contributed by atoms with Crippen molar-refractivity contribution in [1.29, 1.82) is 5.26 Å². The number of rotatable bonds is 7. The van der Waals surface area contributed by atoms with Gasteiger partial charge in [0.1, 0.15) is 0 Å². The van der Waals surface area contributed by atoms with Crippen LogP contribution < -0.4 is 5.73 Å². The lowest BCUT2D eigenvalue weighted by Gasteiger charge is -2.04. The first kappa shape index (κ1) is 12.6. The number of unbranched alkanes of at least 4 members (excludes halogenated alkanes) is 2. The summed E-state index contributed by atoms with van der Waals surface area (Å²) in [4.78, 5) is 0. The summed E-state index contributed by atoms with van der Waals surface area (Å²) in [5.74, 6) is 1.42. The highest BCUT2D eigenvalue weighted by Crippen LogP contribution is 1.98. The molecule has 0 spiro atoms. The summed E-state index contributed by atoms with van der Waals surface area (Å²) in [6, 6.07) is 2.21. The van der Waals surface area contributed by atoms with E-state index in [0.717, 1.165) is 19.3 Å². The summed E-state index contributed by atoms with van der Waals surface area (Å²) in [7, 11) is -0.733. The van der Waals surface area contributed by atoms with E-state index in [1.807, 2.05) is 6.92 Å². The molecule has 0 fully saturated rings. The molecular formula is C9H18N2OS. The third-order valence-corrected chi connectivity index (χ3v) is 3.15. The molecule has 3 nitrogen and oxygen atoms in total. The summed E-state index contributed by atoms with van der Waals surface area (Å²) in [5.41, 5.74) is 5.54. The minimum absolute atomic E-state index is 0.142. The predicted octanol–water partition coefficient (Wildman–Crippen LogP) is 1.17. The highest BCUT2D eigenvalue weighted by molar-refractivity contribution is 7.84. The number of hydrogen-bond donors (Lipinski definition) is 1. The molecule has 0 aliphatic rings. The Kier molecular flexibility index (Phi) is 7.96. The lowest BCUT2D eigenvalue weighted by Crippen LogP contribution is -2.18. The third kappa shape index (κ3) is 9.51. The van der Waals surface area contributed by atoms with Crippen LogP contribution in [0.15, 0.2) is 0 Å². The van der Waals surface area contributed by atoms with Crippen molar-refractivity contribution in [2.24, 2.45) is 5.73 Å². The Morgan fingerprint density at radius 1 is 1.46 bits per heavy atom. The van der Waals surface area contributed by atoms with Crippen molar-refractivity contribution in [2.75, 3.05) is 11.5 Å². The van der Waals surface area contributed by atoms with E-state index >= 15 is 0 Å². The van der Waals surface area contributed by atoms with E-state index in [4.69, 9.17) is 11.0 Å². The van der Waals surface area contributed by atoms with Crippen molar-refractivity contribution in [2.45, 2.75) is 38.6 Å². The van der Waals surface area contributed by atoms with E-state index < -0.39 is 10.8 Å². The first-order valence-electron chi connectivity index (χ1n) is 4.64. The molecule has 0 aromatic heterocycles. The second-order valence-corrected chi connectivity index (χ2v) is 4.93. The van der Waals surface area contributed by atoms with E-state index in [-0.39, 0.29) is 6.04 Å². The Labute approximate surface area is 82.8 Å². The topological polar surface area (TPSA) is 66.9 Å². The van der Waals surface area contributed by atoms with Crippen molar-refractivity contribution in [3.05, 3.63) is 0 Å². The molecule has 0 bridgehead atoms. The summed E-state index contributed by atoms with van der Waals surface area (Å²) in [6.07, 6.45) is 3.15. The minimum Gasteiger partial charge on any atom is -0.328 e. The van der Waals surface area contributed by atoms with Crippen molar-refractivity contribution >= 4 is 10.8 Å². The van der Waals surface area contributed by atoms with Crippen LogP contribution in [0.2, 0.25) is 0 Å². The van der Waals surface area contributed by atoms with E-state index in [0.29, 0.717) is 17.9 Å². The first-order chi connectivity index (χ1) is 6.16. The fourth-order valence-corrected chi connectivity index (χ4v) is 2.25. The molecule has 0 heterocycles. The van der Waals surface area contributed by atoms with Gasteiger partial charge in [-0.25, -0.2) is 0 Å². The van der Waals surface area contributed by atoms with Crippen LogP contribution in [0.25, 0.3) is 0 Å². The first-order valence-corrected chi connectivity index (χ1v) is 6.13. The van der Waals surface area contributed by atoms with Crippen LogP contribution in [0.5, 0.6) is 0 Å². The summed E-state index contributed by atoms with van der Waals surface area (Å²) >= 11 is 0. The molecule has 2 unspecified atom stereocenters. The van der Waals surface area contributed by atoms with Gasteiger partial charge >= 0.3 is 0 Å². The van der Waals surface area contributed by atoms with Crippen LogP contribution >= 0.6 is 0 Å². The van der Waals surface area contributed by atoms with Gasteiger partial charge in [-0.3, -0.25) is 4.21 Å². The van der Waals surface area contributed by atoms with Crippen LogP contribution in [0.4, 0.5) is 0 Å². The highest BCUT2D eigenvalue weighted by atomic mass is 32.2. The lowest BCUT2D eigenvalue weighted by molar-refractivity contribution is 0.663. The molecule has 0 aromatic rings. The Morgan fingerprint density at radius 3 is 2.69 bits per heavy atom. The predicted molar refractivity (Wildman–Crippen MR) is 55.6 cm³/mol. The number of nitrogens with two attached hydrogens (primary N) is 1. The Morgan fingerprint density at radius 2 is 2.15 bits per heavy atom. The molecule has 0 rings (SSSR count).